The van der Waals surface area contributed by atoms with E-state index < -0.39 is 0 Å². The zero-order valence-electron chi connectivity index (χ0n) is 12.3. The van der Waals surface area contributed by atoms with Gasteiger partial charge in [-0.3, -0.25) is 4.79 Å². The van der Waals surface area contributed by atoms with Gasteiger partial charge in [0, 0.05) is 30.4 Å². The highest BCUT2D eigenvalue weighted by Gasteiger charge is 2.21. The number of carbonyl (C=O) groups excluding carboxylic acids is 1. The Balaban J connectivity index is 1.88. The molecule has 2 atom stereocenters. The lowest BCUT2D eigenvalue weighted by Gasteiger charge is -2.27. The van der Waals surface area contributed by atoms with E-state index in [0.717, 1.165) is 38.1 Å². The largest absolute Gasteiger partial charge is 0.385 e. The minimum absolute atomic E-state index is 0.00569. The van der Waals surface area contributed by atoms with Crippen LogP contribution in [0.25, 0.3) is 0 Å². The molecule has 0 aromatic heterocycles. The van der Waals surface area contributed by atoms with E-state index >= 15 is 0 Å². The molecule has 0 saturated carbocycles. The van der Waals surface area contributed by atoms with Gasteiger partial charge in [-0.15, -0.1) is 0 Å². The van der Waals surface area contributed by atoms with Crippen molar-refractivity contribution < 1.29 is 9.53 Å². The van der Waals surface area contributed by atoms with Crippen molar-refractivity contribution in [2.24, 2.45) is 0 Å². The van der Waals surface area contributed by atoms with Crippen molar-refractivity contribution in [1.29, 1.82) is 0 Å². The lowest BCUT2D eigenvalue weighted by atomic mass is 10.0. The van der Waals surface area contributed by atoms with E-state index in [1.54, 1.807) is 0 Å². The number of carbonyl (C=O) groups is 1. The summed E-state index contributed by atoms with van der Waals surface area (Å²) in [4.78, 5) is 12.2. The van der Waals surface area contributed by atoms with Crippen molar-refractivity contribution >= 4 is 11.6 Å². The summed E-state index contributed by atoms with van der Waals surface area (Å²) >= 11 is 0. The van der Waals surface area contributed by atoms with Gasteiger partial charge in [0.2, 0.25) is 0 Å². The van der Waals surface area contributed by atoms with Gasteiger partial charge in [0.05, 0.1) is 6.10 Å². The van der Waals surface area contributed by atoms with Crippen molar-refractivity contribution in [3.63, 3.8) is 0 Å². The highest BCUT2D eigenvalue weighted by molar-refractivity contribution is 5.94. The summed E-state index contributed by atoms with van der Waals surface area (Å²) in [7, 11) is 0. The molecule has 2 unspecified atom stereocenters. The third-order valence-corrected chi connectivity index (χ3v) is 3.55. The molecule has 1 aliphatic heterocycles. The maximum absolute atomic E-state index is 12.2. The molecule has 1 aliphatic rings. The summed E-state index contributed by atoms with van der Waals surface area (Å²) in [6, 6.07) is 7.88. The molecule has 1 heterocycles. The van der Waals surface area contributed by atoms with Gasteiger partial charge in [0.1, 0.15) is 0 Å². The fourth-order valence-electron chi connectivity index (χ4n) is 2.41. The highest BCUT2D eigenvalue weighted by Crippen LogP contribution is 2.15. The van der Waals surface area contributed by atoms with Crippen LogP contribution in [0.1, 0.15) is 43.5 Å². The molecular weight excluding hydrogens is 252 g/mol. The zero-order chi connectivity index (χ0) is 14.4. The Morgan fingerprint density at radius 2 is 2.10 bits per heavy atom. The number of hydrogen-bond acceptors (Lipinski definition) is 3. The Hall–Kier alpha value is -1.55. The third kappa shape index (κ3) is 4.23. The van der Waals surface area contributed by atoms with E-state index in [1.165, 1.54) is 0 Å². The Kier molecular flexibility index (Phi) is 5.41. The Labute approximate surface area is 120 Å². The van der Waals surface area contributed by atoms with Crippen LogP contribution >= 0.6 is 0 Å². The summed E-state index contributed by atoms with van der Waals surface area (Å²) in [5, 5.41) is 6.39. The topological polar surface area (TPSA) is 50.4 Å². The highest BCUT2D eigenvalue weighted by atomic mass is 16.5. The molecule has 0 bridgehead atoms. The number of ether oxygens (including phenoxy) is 1. The summed E-state index contributed by atoms with van der Waals surface area (Å²) in [6.07, 6.45) is 3.10. The lowest BCUT2D eigenvalue weighted by molar-refractivity contribution is 0.0136. The van der Waals surface area contributed by atoms with Crippen LogP contribution in [-0.2, 0) is 4.74 Å². The summed E-state index contributed by atoms with van der Waals surface area (Å²) in [5.74, 6) is 0.00569. The predicted molar refractivity (Wildman–Crippen MR) is 81.1 cm³/mol. The van der Waals surface area contributed by atoms with Crippen LogP contribution in [0.3, 0.4) is 0 Å². The van der Waals surface area contributed by atoms with Crippen LogP contribution in [0.15, 0.2) is 24.3 Å². The van der Waals surface area contributed by atoms with Gasteiger partial charge in [-0.25, -0.2) is 0 Å². The molecule has 2 rings (SSSR count). The van der Waals surface area contributed by atoms with Gasteiger partial charge in [0.15, 0.2) is 0 Å². The van der Waals surface area contributed by atoms with E-state index in [2.05, 4.69) is 17.6 Å². The molecule has 1 fully saturated rings. The van der Waals surface area contributed by atoms with E-state index in [9.17, 15) is 4.79 Å². The smallest absolute Gasteiger partial charge is 0.251 e. The van der Waals surface area contributed by atoms with Crippen LogP contribution < -0.4 is 10.6 Å². The van der Waals surface area contributed by atoms with Crippen LogP contribution in [0.5, 0.6) is 0 Å². The molecule has 4 heteroatoms. The normalized spacial score (nSPS) is 22.3. The second kappa shape index (κ2) is 7.29. The standard InChI is InChI=1S/C16H24N2O2/c1-3-9-17-14-6-4-13(5-7-14)16(19)18-15-8-10-20-12(2)11-15/h4-7,12,15,17H,3,8-11H2,1-2H3,(H,18,19). The second-order valence-corrected chi connectivity index (χ2v) is 5.38. The van der Waals surface area contributed by atoms with Crippen LogP contribution in [0.4, 0.5) is 5.69 Å². The maximum Gasteiger partial charge on any atom is 0.251 e. The molecule has 0 spiro atoms. The molecule has 1 aromatic rings. The molecule has 4 nitrogen and oxygen atoms in total. The summed E-state index contributed by atoms with van der Waals surface area (Å²) < 4.78 is 5.49. The van der Waals surface area contributed by atoms with E-state index in [0.29, 0.717) is 5.56 Å². The van der Waals surface area contributed by atoms with E-state index in [-0.39, 0.29) is 18.1 Å². The number of rotatable bonds is 5. The molecule has 0 radical (unpaired) electrons. The Morgan fingerprint density at radius 1 is 1.35 bits per heavy atom. The third-order valence-electron chi connectivity index (χ3n) is 3.55. The Morgan fingerprint density at radius 3 is 2.75 bits per heavy atom. The first-order valence-electron chi connectivity index (χ1n) is 7.45. The molecule has 1 amide bonds. The van der Waals surface area contributed by atoms with Crippen molar-refractivity contribution in [3.8, 4) is 0 Å². The van der Waals surface area contributed by atoms with Crippen molar-refractivity contribution in [2.45, 2.75) is 45.3 Å². The quantitative estimate of drug-likeness (QED) is 0.869. The van der Waals surface area contributed by atoms with Crippen LogP contribution in [-0.4, -0.2) is 31.2 Å². The molecule has 110 valence electrons. The SMILES string of the molecule is CCCNc1ccc(C(=O)NC2CCOC(C)C2)cc1. The molecule has 1 aromatic carbocycles. The molecule has 20 heavy (non-hydrogen) atoms. The van der Waals surface area contributed by atoms with Gasteiger partial charge in [-0.2, -0.15) is 0 Å². The fourth-order valence-corrected chi connectivity index (χ4v) is 2.41. The number of nitrogens with one attached hydrogen (secondary N) is 2. The van der Waals surface area contributed by atoms with E-state index in [1.807, 2.05) is 31.2 Å². The fraction of sp³-hybridized carbons (Fsp3) is 0.562. The minimum Gasteiger partial charge on any atom is -0.385 e. The van der Waals surface area contributed by atoms with Gasteiger partial charge < -0.3 is 15.4 Å². The predicted octanol–water partition coefficient (Wildman–Crippen LogP) is 2.81. The average Bonchev–Trinajstić information content (AvgIpc) is 2.45. The summed E-state index contributed by atoms with van der Waals surface area (Å²) in [6.45, 7) is 5.85. The number of amides is 1. The minimum atomic E-state index is 0.00569. The summed E-state index contributed by atoms with van der Waals surface area (Å²) in [5.41, 5.74) is 1.77. The number of hydrogen-bond donors (Lipinski definition) is 2. The van der Waals surface area contributed by atoms with Crippen LogP contribution in [0, 0.1) is 0 Å². The molecule has 1 saturated heterocycles. The number of benzene rings is 1. The number of anilines is 1. The van der Waals surface area contributed by atoms with E-state index in [4.69, 9.17) is 4.74 Å². The van der Waals surface area contributed by atoms with Gasteiger partial charge in [-0.05, 0) is 50.5 Å². The van der Waals surface area contributed by atoms with Crippen molar-refractivity contribution in [3.05, 3.63) is 29.8 Å². The molecule has 2 N–H and O–H groups in total. The second-order valence-electron chi connectivity index (χ2n) is 5.38. The monoisotopic (exact) mass is 276 g/mol. The first-order chi connectivity index (χ1) is 9.69. The first-order valence-corrected chi connectivity index (χ1v) is 7.45. The van der Waals surface area contributed by atoms with Gasteiger partial charge in [-0.1, -0.05) is 6.92 Å². The molecule has 0 aliphatic carbocycles. The van der Waals surface area contributed by atoms with Crippen molar-refractivity contribution in [2.75, 3.05) is 18.5 Å². The Bertz CT molecular complexity index is 431. The first kappa shape index (κ1) is 14.9. The van der Waals surface area contributed by atoms with Crippen LogP contribution in [0.2, 0.25) is 0 Å². The van der Waals surface area contributed by atoms with Crippen molar-refractivity contribution in [1.82, 2.24) is 5.32 Å². The zero-order valence-corrected chi connectivity index (χ0v) is 12.3. The lowest BCUT2D eigenvalue weighted by Crippen LogP contribution is -2.41. The van der Waals surface area contributed by atoms with Gasteiger partial charge >= 0.3 is 0 Å². The average molecular weight is 276 g/mol. The molecular formula is C16H24N2O2. The maximum atomic E-state index is 12.2. The van der Waals surface area contributed by atoms with Gasteiger partial charge in [0.25, 0.3) is 5.91 Å².